The van der Waals surface area contributed by atoms with Crippen LogP contribution in [0.2, 0.25) is 0 Å². The normalized spacial score (nSPS) is 15.7. The number of hydrogen-bond acceptors (Lipinski definition) is 3. The minimum Gasteiger partial charge on any atom is -0.383 e. The molecule has 0 bridgehead atoms. The van der Waals surface area contributed by atoms with Crippen LogP contribution in [-0.2, 0) is 10.2 Å². The van der Waals surface area contributed by atoms with E-state index in [-0.39, 0.29) is 11.4 Å². The fourth-order valence-corrected chi connectivity index (χ4v) is 2.91. The Morgan fingerprint density at radius 3 is 2.43 bits per heavy atom. The lowest BCUT2D eigenvalue weighted by molar-refractivity contribution is 0.177. The molecule has 23 heavy (non-hydrogen) atoms. The Labute approximate surface area is 139 Å². The van der Waals surface area contributed by atoms with Crippen LogP contribution in [-0.4, -0.2) is 57.4 Å². The van der Waals surface area contributed by atoms with Crippen LogP contribution in [0.3, 0.4) is 0 Å². The van der Waals surface area contributed by atoms with Crippen LogP contribution in [0.25, 0.3) is 0 Å². The minimum absolute atomic E-state index is 0.00538. The molecule has 0 saturated carbocycles. The van der Waals surface area contributed by atoms with Crippen molar-refractivity contribution in [2.24, 2.45) is 0 Å². The number of urea groups is 1. The maximum absolute atomic E-state index is 12.1. The first kappa shape index (κ1) is 17.6. The molecular formula is C18H29N3O2. The number of methoxy groups -OCH3 is 1. The van der Waals surface area contributed by atoms with Gasteiger partial charge < -0.3 is 19.9 Å². The van der Waals surface area contributed by atoms with Crippen molar-refractivity contribution in [1.82, 2.24) is 10.2 Å². The van der Waals surface area contributed by atoms with Crippen molar-refractivity contribution < 1.29 is 9.53 Å². The average molecular weight is 319 g/mol. The van der Waals surface area contributed by atoms with E-state index in [0.717, 1.165) is 26.2 Å². The monoisotopic (exact) mass is 319 g/mol. The summed E-state index contributed by atoms with van der Waals surface area (Å²) in [5.74, 6) is 0. The summed E-state index contributed by atoms with van der Waals surface area (Å²) >= 11 is 0. The van der Waals surface area contributed by atoms with Crippen molar-refractivity contribution in [3.63, 3.8) is 0 Å². The zero-order valence-electron chi connectivity index (χ0n) is 14.8. The highest BCUT2D eigenvalue weighted by Gasteiger charge is 2.25. The molecule has 1 aromatic rings. The van der Waals surface area contributed by atoms with Gasteiger partial charge in [-0.2, -0.15) is 0 Å². The van der Waals surface area contributed by atoms with Crippen molar-refractivity contribution in [3.8, 4) is 0 Å². The van der Waals surface area contributed by atoms with Crippen LogP contribution >= 0.6 is 0 Å². The fourth-order valence-electron chi connectivity index (χ4n) is 2.91. The number of carbonyl (C=O) groups excluding carboxylic acids is 1. The first-order valence-corrected chi connectivity index (χ1v) is 8.29. The number of nitrogens with one attached hydrogen (secondary N) is 1. The molecule has 1 saturated heterocycles. The van der Waals surface area contributed by atoms with Crippen molar-refractivity contribution >= 4 is 11.7 Å². The zero-order valence-corrected chi connectivity index (χ0v) is 14.8. The van der Waals surface area contributed by atoms with Gasteiger partial charge in [-0.1, -0.05) is 39.0 Å². The molecule has 1 aliphatic heterocycles. The van der Waals surface area contributed by atoms with Gasteiger partial charge in [0.2, 0.25) is 0 Å². The highest BCUT2D eigenvalue weighted by Crippen LogP contribution is 2.32. The molecule has 0 atom stereocenters. The van der Waals surface area contributed by atoms with E-state index in [1.807, 2.05) is 4.90 Å². The molecule has 0 aliphatic carbocycles. The number of anilines is 1. The first-order valence-electron chi connectivity index (χ1n) is 8.29. The van der Waals surface area contributed by atoms with E-state index < -0.39 is 0 Å². The molecule has 1 aromatic carbocycles. The Bertz CT molecular complexity index is 517. The quantitative estimate of drug-likeness (QED) is 0.867. The van der Waals surface area contributed by atoms with E-state index in [9.17, 15) is 4.79 Å². The average Bonchev–Trinajstić information content (AvgIpc) is 2.54. The van der Waals surface area contributed by atoms with Gasteiger partial charge in [0.05, 0.1) is 6.61 Å². The summed E-state index contributed by atoms with van der Waals surface area (Å²) in [7, 11) is 1.64. The largest absolute Gasteiger partial charge is 0.383 e. The molecule has 1 fully saturated rings. The third kappa shape index (κ3) is 4.61. The van der Waals surface area contributed by atoms with Crippen LogP contribution in [0, 0.1) is 0 Å². The zero-order chi connectivity index (χ0) is 16.9. The second-order valence-corrected chi connectivity index (χ2v) is 6.97. The summed E-state index contributed by atoms with van der Waals surface area (Å²) < 4.78 is 4.96. The number of benzene rings is 1. The van der Waals surface area contributed by atoms with Crippen molar-refractivity contribution in [1.29, 1.82) is 0 Å². The van der Waals surface area contributed by atoms with E-state index in [1.165, 1.54) is 11.3 Å². The van der Waals surface area contributed by atoms with Crippen LogP contribution in [0.4, 0.5) is 10.5 Å². The standard InChI is InChI=1S/C18H29N3O2/c1-18(2,3)15-7-5-6-8-16(15)20-10-12-21(13-11-20)17(22)19-9-14-23-4/h5-8H,9-14H2,1-4H3,(H,19,22). The third-order valence-electron chi connectivity index (χ3n) is 4.20. The van der Waals surface area contributed by atoms with E-state index in [2.05, 4.69) is 55.3 Å². The van der Waals surface area contributed by atoms with Gasteiger partial charge in [-0.3, -0.25) is 0 Å². The Morgan fingerprint density at radius 1 is 1.17 bits per heavy atom. The van der Waals surface area contributed by atoms with Gasteiger partial charge in [-0.15, -0.1) is 0 Å². The molecule has 1 heterocycles. The van der Waals surface area contributed by atoms with Gasteiger partial charge in [0.15, 0.2) is 0 Å². The first-order chi connectivity index (χ1) is 10.9. The molecule has 2 rings (SSSR count). The summed E-state index contributed by atoms with van der Waals surface area (Å²) in [6.07, 6.45) is 0. The Hall–Kier alpha value is -1.75. The number of piperazine rings is 1. The SMILES string of the molecule is COCCNC(=O)N1CCN(c2ccccc2C(C)(C)C)CC1. The Kier molecular flexibility index (Phi) is 5.88. The minimum atomic E-state index is 0.00538. The number of nitrogens with zero attached hydrogens (tertiary/aromatic N) is 2. The molecule has 2 amide bonds. The molecule has 5 heteroatoms. The van der Waals surface area contributed by atoms with E-state index >= 15 is 0 Å². The highest BCUT2D eigenvalue weighted by atomic mass is 16.5. The molecule has 1 N–H and O–H groups in total. The van der Waals surface area contributed by atoms with Crippen molar-refractivity contribution in [2.75, 3.05) is 51.3 Å². The summed E-state index contributed by atoms with van der Waals surface area (Å²) in [5.41, 5.74) is 2.77. The smallest absolute Gasteiger partial charge is 0.317 e. The summed E-state index contributed by atoms with van der Waals surface area (Å²) in [6.45, 7) is 11.1. The molecule has 0 radical (unpaired) electrons. The van der Waals surface area contributed by atoms with E-state index in [4.69, 9.17) is 4.74 Å². The maximum atomic E-state index is 12.1. The van der Waals surface area contributed by atoms with Gasteiger partial charge in [-0.05, 0) is 17.0 Å². The van der Waals surface area contributed by atoms with E-state index in [1.54, 1.807) is 7.11 Å². The molecule has 0 unspecified atom stereocenters. The Balaban J connectivity index is 1.96. The maximum Gasteiger partial charge on any atom is 0.317 e. The molecular weight excluding hydrogens is 290 g/mol. The molecule has 0 aromatic heterocycles. The number of amides is 2. The van der Waals surface area contributed by atoms with Crippen molar-refractivity contribution in [3.05, 3.63) is 29.8 Å². The third-order valence-corrected chi connectivity index (χ3v) is 4.20. The van der Waals surface area contributed by atoms with Crippen molar-refractivity contribution in [2.45, 2.75) is 26.2 Å². The second kappa shape index (κ2) is 7.68. The predicted octanol–water partition coefficient (Wildman–Crippen LogP) is 2.46. The van der Waals surface area contributed by atoms with Gasteiger partial charge in [0, 0.05) is 45.5 Å². The number of carbonyl (C=O) groups is 1. The summed E-state index contributed by atoms with van der Waals surface area (Å²) in [4.78, 5) is 16.4. The molecule has 0 spiro atoms. The van der Waals surface area contributed by atoms with Crippen LogP contribution in [0.1, 0.15) is 26.3 Å². The summed E-state index contributed by atoms with van der Waals surface area (Å²) in [6, 6.07) is 8.59. The van der Waals surface area contributed by atoms with Gasteiger partial charge in [0.25, 0.3) is 0 Å². The molecule has 5 nitrogen and oxygen atoms in total. The predicted molar refractivity (Wildman–Crippen MR) is 94.2 cm³/mol. The lowest BCUT2D eigenvalue weighted by Crippen LogP contribution is -2.52. The van der Waals surface area contributed by atoms with Gasteiger partial charge in [0.1, 0.15) is 0 Å². The molecule has 1 aliphatic rings. The highest BCUT2D eigenvalue weighted by molar-refractivity contribution is 5.74. The second-order valence-electron chi connectivity index (χ2n) is 6.97. The topological polar surface area (TPSA) is 44.8 Å². The van der Waals surface area contributed by atoms with Gasteiger partial charge >= 0.3 is 6.03 Å². The molecule has 128 valence electrons. The Morgan fingerprint density at radius 2 is 1.83 bits per heavy atom. The lowest BCUT2D eigenvalue weighted by atomic mass is 9.85. The van der Waals surface area contributed by atoms with E-state index in [0.29, 0.717) is 13.2 Å². The van der Waals surface area contributed by atoms with Crippen LogP contribution in [0.5, 0.6) is 0 Å². The number of para-hydroxylation sites is 1. The number of hydrogen-bond donors (Lipinski definition) is 1. The lowest BCUT2D eigenvalue weighted by Gasteiger charge is -2.38. The van der Waals surface area contributed by atoms with Crippen LogP contribution in [0.15, 0.2) is 24.3 Å². The fraction of sp³-hybridized carbons (Fsp3) is 0.611. The number of ether oxygens (including phenoxy) is 1. The number of rotatable bonds is 4. The summed E-state index contributed by atoms with van der Waals surface area (Å²) in [5, 5.41) is 2.89. The van der Waals surface area contributed by atoms with Crippen LogP contribution < -0.4 is 10.2 Å². The van der Waals surface area contributed by atoms with Gasteiger partial charge in [-0.25, -0.2) is 4.79 Å².